The maximum absolute atomic E-state index is 13.0. The van der Waals surface area contributed by atoms with Crippen LogP contribution in [-0.4, -0.2) is 85.5 Å². The number of hydrogen-bond donors (Lipinski definition) is 3. The molecule has 12 heteroatoms. The predicted molar refractivity (Wildman–Crippen MR) is 135 cm³/mol. The molecule has 1 aromatic carbocycles. The summed E-state index contributed by atoms with van der Waals surface area (Å²) in [5.74, 6) is 1.81. The lowest BCUT2D eigenvalue weighted by Crippen LogP contribution is -2.37. The van der Waals surface area contributed by atoms with E-state index >= 15 is 0 Å². The van der Waals surface area contributed by atoms with Gasteiger partial charge >= 0.3 is 0 Å². The van der Waals surface area contributed by atoms with Gasteiger partial charge in [-0.05, 0) is 25.5 Å². The highest BCUT2D eigenvalue weighted by atomic mass is 16.5. The number of fused-ring (bicyclic) bond motifs is 3. The highest BCUT2D eigenvalue weighted by Crippen LogP contribution is 2.37. The molecule has 1 atom stereocenters. The summed E-state index contributed by atoms with van der Waals surface area (Å²) in [7, 11) is 1.59. The molecule has 0 bridgehead atoms. The number of amides is 1. The van der Waals surface area contributed by atoms with Crippen molar-refractivity contribution < 1.29 is 19.0 Å². The molecule has 36 heavy (non-hydrogen) atoms. The maximum atomic E-state index is 13.0. The SMILES string of the molecule is COc1c(OCCCN2CCOCC2)ccc2c3n(c(=NC(=O)C4=CNC(N)=NC4C)nc12)CCN3. The summed E-state index contributed by atoms with van der Waals surface area (Å²) >= 11 is 0. The zero-order valence-corrected chi connectivity index (χ0v) is 20.6. The van der Waals surface area contributed by atoms with Crippen molar-refractivity contribution in [3.8, 4) is 11.5 Å². The van der Waals surface area contributed by atoms with Gasteiger partial charge < -0.3 is 30.6 Å². The number of nitrogens with one attached hydrogen (secondary N) is 2. The first-order valence-electron chi connectivity index (χ1n) is 12.2. The van der Waals surface area contributed by atoms with Crippen molar-refractivity contribution in [3.05, 3.63) is 29.5 Å². The van der Waals surface area contributed by atoms with Crippen LogP contribution < -0.4 is 31.5 Å². The van der Waals surface area contributed by atoms with E-state index in [4.69, 9.17) is 24.9 Å². The molecule has 0 radical (unpaired) electrons. The number of benzene rings is 1. The number of methoxy groups -OCH3 is 1. The Morgan fingerprint density at radius 2 is 2.14 bits per heavy atom. The molecule has 3 aliphatic rings. The van der Waals surface area contributed by atoms with E-state index in [0.29, 0.717) is 47.9 Å². The molecule has 1 aromatic heterocycles. The number of rotatable bonds is 7. The zero-order valence-electron chi connectivity index (χ0n) is 20.6. The second-order valence-corrected chi connectivity index (χ2v) is 8.84. The minimum atomic E-state index is -0.422. The second kappa shape index (κ2) is 10.5. The van der Waals surface area contributed by atoms with E-state index < -0.39 is 11.9 Å². The molecule has 1 saturated heterocycles. The number of nitrogens with zero attached hydrogens (tertiary/aromatic N) is 5. The van der Waals surface area contributed by atoms with Gasteiger partial charge in [0.1, 0.15) is 11.3 Å². The summed E-state index contributed by atoms with van der Waals surface area (Å²) < 4.78 is 19.1. The Kier molecular flexibility index (Phi) is 7.05. The summed E-state index contributed by atoms with van der Waals surface area (Å²) in [5.41, 5.74) is 6.99. The lowest BCUT2D eigenvalue weighted by molar-refractivity contribution is -0.114. The van der Waals surface area contributed by atoms with Crippen molar-refractivity contribution in [3.63, 3.8) is 0 Å². The van der Waals surface area contributed by atoms with Crippen LogP contribution in [-0.2, 0) is 16.1 Å². The van der Waals surface area contributed by atoms with E-state index in [-0.39, 0.29) is 5.96 Å². The first kappa shape index (κ1) is 24.1. The highest BCUT2D eigenvalue weighted by Gasteiger charge is 2.23. The fourth-order valence-electron chi connectivity index (χ4n) is 4.62. The predicted octanol–water partition coefficient (Wildman–Crippen LogP) is 0.189. The number of morpholine rings is 1. The van der Waals surface area contributed by atoms with Gasteiger partial charge in [0, 0.05) is 44.3 Å². The zero-order chi connectivity index (χ0) is 25.1. The topological polar surface area (TPSA) is 141 Å². The molecule has 12 nitrogen and oxygen atoms in total. The van der Waals surface area contributed by atoms with Crippen molar-refractivity contribution in [2.75, 3.05) is 58.4 Å². The molecular formula is C24H32N8O4. The average Bonchev–Trinajstić information content (AvgIpc) is 3.37. The molecule has 5 rings (SSSR count). The number of carbonyl (C=O) groups excluding carboxylic acids is 1. The van der Waals surface area contributed by atoms with Gasteiger partial charge in [-0.2, -0.15) is 4.99 Å². The number of anilines is 1. The molecule has 1 unspecified atom stereocenters. The average molecular weight is 497 g/mol. The van der Waals surface area contributed by atoms with E-state index in [1.807, 2.05) is 16.7 Å². The molecule has 2 aromatic rings. The van der Waals surface area contributed by atoms with Crippen molar-refractivity contribution in [1.29, 1.82) is 0 Å². The van der Waals surface area contributed by atoms with Crippen LogP contribution >= 0.6 is 0 Å². The van der Waals surface area contributed by atoms with Crippen LogP contribution in [0.4, 0.5) is 5.82 Å². The lowest BCUT2D eigenvalue weighted by Gasteiger charge is -2.26. The van der Waals surface area contributed by atoms with E-state index in [1.54, 1.807) is 20.2 Å². The monoisotopic (exact) mass is 496 g/mol. The normalized spacial score (nSPS) is 20.3. The van der Waals surface area contributed by atoms with Gasteiger partial charge in [-0.3, -0.25) is 14.3 Å². The van der Waals surface area contributed by atoms with Gasteiger partial charge in [-0.1, -0.05) is 0 Å². The molecule has 1 fully saturated rings. The Hall–Kier alpha value is -3.64. The minimum absolute atomic E-state index is 0.268. The van der Waals surface area contributed by atoms with Crippen molar-refractivity contribution in [2.45, 2.75) is 25.9 Å². The number of carbonyl (C=O) groups is 1. The Morgan fingerprint density at radius 1 is 1.31 bits per heavy atom. The third kappa shape index (κ3) is 4.86. The standard InChI is InChI=1S/C24H32N8O4/c1-15-17(14-27-23(25)28-15)22(33)30-24-29-19-16(21-26-6-8-32(21)24)4-5-18(20(19)34-2)36-11-3-7-31-9-12-35-13-10-31/h4-5,14-15,26H,3,6-13H2,1-2H3,(H3,25,27,28). The highest BCUT2D eigenvalue weighted by molar-refractivity contribution is 5.98. The Bertz CT molecular complexity index is 1280. The maximum Gasteiger partial charge on any atom is 0.279 e. The number of hydrogen-bond acceptors (Lipinski definition) is 10. The number of nitrogens with two attached hydrogens (primary N) is 1. The van der Waals surface area contributed by atoms with Gasteiger partial charge in [0.2, 0.25) is 5.62 Å². The molecular weight excluding hydrogens is 464 g/mol. The van der Waals surface area contributed by atoms with Crippen LogP contribution in [0, 0.1) is 0 Å². The summed E-state index contributed by atoms with van der Waals surface area (Å²) in [6.07, 6.45) is 2.44. The second-order valence-electron chi connectivity index (χ2n) is 8.84. The van der Waals surface area contributed by atoms with E-state index in [9.17, 15) is 4.79 Å². The van der Waals surface area contributed by atoms with Crippen molar-refractivity contribution >= 4 is 28.6 Å². The molecule has 3 aliphatic heterocycles. The molecule has 192 valence electrons. The first-order valence-corrected chi connectivity index (χ1v) is 12.2. The van der Waals surface area contributed by atoms with Gasteiger partial charge in [-0.15, -0.1) is 0 Å². The van der Waals surface area contributed by atoms with Crippen LogP contribution in [0.3, 0.4) is 0 Å². The molecule has 0 saturated carbocycles. The van der Waals surface area contributed by atoms with Crippen LogP contribution in [0.25, 0.3) is 10.9 Å². The number of guanidine groups is 1. The third-order valence-electron chi connectivity index (χ3n) is 6.49. The van der Waals surface area contributed by atoms with Crippen molar-refractivity contribution in [1.82, 2.24) is 19.8 Å². The molecule has 0 spiro atoms. The number of aliphatic imine (C=N–C) groups is 1. The third-order valence-corrected chi connectivity index (χ3v) is 6.49. The quantitative estimate of drug-likeness (QED) is 0.458. The number of aromatic nitrogens is 2. The summed E-state index contributed by atoms with van der Waals surface area (Å²) in [4.78, 5) is 28.7. The fraction of sp³-hybridized carbons (Fsp3) is 0.500. The van der Waals surface area contributed by atoms with Gasteiger partial charge in [0.05, 0.1) is 38.5 Å². The lowest BCUT2D eigenvalue weighted by atomic mass is 10.1. The van der Waals surface area contributed by atoms with Gasteiger partial charge in [0.25, 0.3) is 5.91 Å². The Labute approximate surface area is 208 Å². The van der Waals surface area contributed by atoms with E-state index in [0.717, 1.165) is 50.5 Å². The smallest absolute Gasteiger partial charge is 0.279 e. The Balaban J connectivity index is 1.43. The van der Waals surface area contributed by atoms with Crippen LogP contribution in [0.2, 0.25) is 0 Å². The van der Waals surface area contributed by atoms with Crippen LogP contribution in [0.5, 0.6) is 11.5 Å². The van der Waals surface area contributed by atoms with Crippen molar-refractivity contribution in [2.24, 2.45) is 15.7 Å². The largest absolute Gasteiger partial charge is 0.491 e. The summed E-state index contributed by atoms with van der Waals surface area (Å²) in [5, 5.41) is 7.04. The molecule has 1 amide bonds. The molecule has 4 N–H and O–H groups in total. The van der Waals surface area contributed by atoms with Crippen LogP contribution in [0.15, 0.2) is 33.9 Å². The van der Waals surface area contributed by atoms with Gasteiger partial charge in [-0.25, -0.2) is 9.98 Å². The number of ether oxygens (including phenoxy) is 3. The Morgan fingerprint density at radius 3 is 2.92 bits per heavy atom. The van der Waals surface area contributed by atoms with E-state index in [2.05, 4.69) is 25.5 Å². The molecule has 0 aliphatic carbocycles. The summed E-state index contributed by atoms with van der Waals surface area (Å²) in [6.45, 7) is 8.13. The molecule has 4 heterocycles. The van der Waals surface area contributed by atoms with Crippen LogP contribution in [0.1, 0.15) is 13.3 Å². The van der Waals surface area contributed by atoms with E-state index in [1.165, 1.54) is 0 Å². The minimum Gasteiger partial charge on any atom is -0.491 e. The summed E-state index contributed by atoms with van der Waals surface area (Å²) in [6, 6.07) is 3.47. The first-order chi connectivity index (χ1) is 17.5. The van der Waals surface area contributed by atoms with Gasteiger partial charge in [0.15, 0.2) is 17.5 Å². The fourth-order valence-corrected chi connectivity index (χ4v) is 4.62.